The molecule has 20 heavy (non-hydrogen) atoms. The number of carboxylic acids is 1. The van der Waals surface area contributed by atoms with Gasteiger partial charge in [0.15, 0.2) is 0 Å². The third-order valence-corrected chi connectivity index (χ3v) is 3.88. The van der Waals surface area contributed by atoms with Crippen molar-refractivity contribution in [3.05, 3.63) is 58.9 Å². The van der Waals surface area contributed by atoms with E-state index in [9.17, 15) is 9.18 Å². The number of aryl methyl sites for hydroxylation is 2. The lowest BCUT2D eigenvalue weighted by Crippen LogP contribution is -2.03. The number of carboxylic acid groups (broad SMARTS) is 1. The molecule has 0 fully saturated rings. The first kappa shape index (κ1) is 12.9. The lowest BCUT2D eigenvalue weighted by molar-refractivity contribution is 0.0692. The summed E-state index contributed by atoms with van der Waals surface area (Å²) in [4.78, 5) is 11.0. The molecule has 0 amide bonds. The van der Waals surface area contributed by atoms with Gasteiger partial charge in [0.2, 0.25) is 0 Å². The van der Waals surface area contributed by atoms with Gasteiger partial charge in [0, 0.05) is 0 Å². The van der Waals surface area contributed by atoms with Crippen LogP contribution in [0.5, 0.6) is 0 Å². The molecule has 3 rings (SSSR count). The number of fused-ring (bicyclic) bond motifs is 1. The smallest absolute Gasteiger partial charge is 0.338 e. The van der Waals surface area contributed by atoms with Crippen LogP contribution in [0, 0.1) is 5.82 Å². The van der Waals surface area contributed by atoms with Gasteiger partial charge in [-0.2, -0.15) is 0 Å². The van der Waals surface area contributed by atoms with Crippen molar-refractivity contribution >= 4 is 5.97 Å². The molecule has 0 saturated carbocycles. The molecule has 0 saturated heterocycles. The highest BCUT2D eigenvalue weighted by Gasteiger charge is 2.13. The highest BCUT2D eigenvalue weighted by atomic mass is 19.1. The number of aromatic carboxylic acids is 1. The Balaban J connectivity index is 2.05. The summed E-state index contributed by atoms with van der Waals surface area (Å²) in [6.45, 7) is 0. The third-order valence-electron chi connectivity index (χ3n) is 3.88. The average molecular weight is 270 g/mol. The molecule has 0 spiro atoms. The second-order valence-electron chi connectivity index (χ2n) is 5.19. The van der Waals surface area contributed by atoms with Gasteiger partial charge in [-0.25, -0.2) is 9.18 Å². The first-order valence-electron chi connectivity index (χ1n) is 6.80. The Bertz CT molecular complexity index is 677. The van der Waals surface area contributed by atoms with Gasteiger partial charge in [0.25, 0.3) is 0 Å². The van der Waals surface area contributed by atoms with Crippen LogP contribution in [0.15, 0.2) is 36.4 Å². The van der Waals surface area contributed by atoms with E-state index in [2.05, 4.69) is 12.1 Å². The van der Waals surface area contributed by atoms with Crippen LogP contribution in [0.2, 0.25) is 0 Å². The quantitative estimate of drug-likeness (QED) is 0.893. The normalized spacial score (nSPS) is 13.8. The summed E-state index contributed by atoms with van der Waals surface area (Å²) >= 11 is 0. The first-order chi connectivity index (χ1) is 9.65. The largest absolute Gasteiger partial charge is 0.478 e. The Morgan fingerprint density at radius 2 is 1.60 bits per heavy atom. The molecule has 102 valence electrons. The van der Waals surface area contributed by atoms with Gasteiger partial charge < -0.3 is 5.11 Å². The second kappa shape index (κ2) is 5.08. The van der Waals surface area contributed by atoms with Crippen LogP contribution < -0.4 is 0 Å². The van der Waals surface area contributed by atoms with Crippen molar-refractivity contribution in [3.8, 4) is 11.1 Å². The minimum absolute atomic E-state index is 0.278. The molecule has 0 radical (unpaired) electrons. The van der Waals surface area contributed by atoms with Crippen LogP contribution in [0.4, 0.5) is 4.39 Å². The molecule has 2 aromatic carbocycles. The SMILES string of the molecule is O=C(O)c1cc(-c2ccc3c(c2)CCCC3)ccc1F. The molecule has 1 aliphatic carbocycles. The van der Waals surface area contributed by atoms with Crippen LogP contribution in [0.1, 0.15) is 34.3 Å². The van der Waals surface area contributed by atoms with Crippen LogP contribution in [0.25, 0.3) is 11.1 Å². The van der Waals surface area contributed by atoms with Gasteiger partial charge in [-0.3, -0.25) is 0 Å². The van der Waals surface area contributed by atoms with Gasteiger partial charge in [-0.15, -0.1) is 0 Å². The zero-order valence-electron chi connectivity index (χ0n) is 11.0. The molecule has 0 bridgehead atoms. The van der Waals surface area contributed by atoms with Crippen molar-refractivity contribution in [1.29, 1.82) is 0 Å². The molecular formula is C17H15FO2. The number of hydrogen-bond donors (Lipinski definition) is 1. The molecule has 0 heterocycles. The maximum Gasteiger partial charge on any atom is 0.338 e. The first-order valence-corrected chi connectivity index (χ1v) is 6.80. The maximum atomic E-state index is 13.4. The van der Waals surface area contributed by atoms with Crippen LogP contribution >= 0.6 is 0 Å². The van der Waals surface area contributed by atoms with Gasteiger partial charge in [0.05, 0.1) is 5.56 Å². The predicted molar refractivity (Wildman–Crippen MR) is 75.4 cm³/mol. The van der Waals surface area contributed by atoms with Crippen molar-refractivity contribution in [1.82, 2.24) is 0 Å². The van der Waals surface area contributed by atoms with Gasteiger partial charge in [-0.1, -0.05) is 24.3 Å². The van der Waals surface area contributed by atoms with Crippen molar-refractivity contribution in [3.63, 3.8) is 0 Å². The zero-order chi connectivity index (χ0) is 14.1. The number of rotatable bonds is 2. The van der Waals surface area contributed by atoms with Gasteiger partial charge >= 0.3 is 5.97 Å². The lowest BCUT2D eigenvalue weighted by atomic mass is 9.89. The molecule has 0 aromatic heterocycles. The summed E-state index contributed by atoms with van der Waals surface area (Å²) < 4.78 is 13.4. The van der Waals surface area contributed by atoms with E-state index in [1.807, 2.05) is 6.07 Å². The van der Waals surface area contributed by atoms with Gasteiger partial charge in [-0.05, 0) is 60.1 Å². The highest BCUT2D eigenvalue weighted by molar-refractivity contribution is 5.89. The average Bonchev–Trinajstić information content (AvgIpc) is 2.47. The number of carbonyl (C=O) groups is 1. The van der Waals surface area contributed by atoms with E-state index < -0.39 is 11.8 Å². The fourth-order valence-corrected chi connectivity index (χ4v) is 2.78. The van der Waals surface area contributed by atoms with E-state index in [4.69, 9.17) is 5.11 Å². The van der Waals surface area contributed by atoms with Crippen molar-refractivity contribution in [2.45, 2.75) is 25.7 Å². The van der Waals surface area contributed by atoms with E-state index in [1.165, 1.54) is 36.1 Å². The van der Waals surface area contributed by atoms with E-state index in [1.54, 1.807) is 6.07 Å². The number of halogens is 1. The summed E-state index contributed by atoms with van der Waals surface area (Å²) in [5, 5.41) is 8.99. The fraction of sp³-hybridized carbons (Fsp3) is 0.235. The third kappa shape index (κ3) is 2.31. The standard InChI is InChI=1S/C17H15FO2/c18-16-8-7-14(10-15(16)17(19)20)13-6-5-11-3-1-2-4-12(11)9-13/h5-10H,1-4H2,(H,19,20). The molecule has 0 atom stereocenters. The zero-order valence-corrected chi connectivity index (χ0v) is 11.0. The van der Waals surface area contributed by atoms with Crippen LogP contribution in [0.3, 0.4) is 0 Å². The Morgan fingerprint density at radius 3 is 2.35 bits per heavy atom. The van der Waals surface area contributed by atoms with Crippen molar-refractivity contribution in [2.75, 3.05) is 0 Å². The number of benzene rings is 2. The summed E-state index contributed by atoms with van der Waals surface area (Å²) in [5.41, 5.74) is 4.13. The Kier molecular flexibility index (Phi) is 3.26. The Hall–Kier alpha value is -2.16. The molecule has 0 aliphatic heterocycles. The predicted octanol–water partition coefficient (Wildman–Crippen LogP) is 4.07. The Morgan fingerprint density at radius 1 is 0.950 bits per heavy atom. The van der Waals surface area contributed by atoms with Crippen molar-refractivity contribution in [2.24, 2.45) is 0 Å². The van der Waals surface area contributed by atoms with E-state index >= 15 is 0 Å². The van der Waals surface area contributed by atoms with Crippen LogP contribution in [-0.2, 0) is 12.8 Å². The topological polar surface area (TPSA) is 37.3 Å². The second-order valence-corrected chi connectivity index (χ2v) is 5.19. The fourth-order valence-electron chi connectivity index (χ4n) is 2.78. The lowest BCUT2D eigenvalue weighted by Gasteiger charge is -2.16. The summed E-state index contributed by atoms with van der Waals surface area (Å²) in [6, 6.07) is 10.5. The maximum absolute atomic E-state index is 13.4. The minimum atomic E-state index is -1.23. The molecule has 1 aliphatic rings. The molecule has 2 nitrogen and oxygen atoms in total. The molecular weight excluding hydrogens is 255 g/mol. The van der Waals surface area contributed by atoms with Gasteiger partial charge in [0.1, 0.15) is 5.82 Å². The van der Waals surface area contributed by atoms with Crippen molar-refractivity contribution < 1.29 is 14.3 Å². The highest BCUT2D eigenvalue weighted by Crippen LogP contribution is 2.28. The Labute approximate surface area is 116 Å². The molecule has 0 unspecified atom stereocenters. The molecule has 3 heteroatoms. The van der Waals surface area contributed by atoms with E-state index in [-0.39, 0.29) is 5.56 Å². The molecule has 2 aromatic rings. The number of hydrogen-bond acceptors (Lipinski definition) is 1. The van der Waals surface area contributed by atoms with Crippen LogP contribution in [-0.4, -0.2) is 11.1 Å². The minimum Gasteiger partial charge on any atom is -0.478 e. The monoisotopic (exact) mass is 270 g/mol. The molecule has 1 N–H and O–H groups in total. The summed E-state index contributed by atoms with van der Waals surface area (Å²) in [5.74, 6) is -1.93. The van der Waals surface area contributed by atoms with E-state index in [0.717, 1.165) is 24.0 Å². The van der Waals surface area contributed by atoms with E-state index in [0.29, 0.717) is 0 Å². The summed E-state index contributed by atoms with van der Waals surface area (Å²) in [7, 11) is 0. The summed E-state index contributed by atoms with van der Waals surface area (Å²) in [6.07, 6.45) is 4.60.